The first kappa shape index (κ1) is 17.4. The Morgan fingerprint density at radius 2 is 1.86 bits per heavy atom. The molecule has 1 aliphatic heterocycles. The molecule has 2 aromatic carbocycles. The van der Waals surface area contributed by atoms with E-state index in [1.165, 1.54) is 6.07 Å². The highest BCUT2D eigenvalue weighted by Gasteiger charge is 2.30. The molecule has 29 heavy (non-hydrogen) atoms. The average Bonchev–Trinajstić information content (AvgIpc) is 3.44. The molecule has 0 radical (unpaired) electrons. The van der Waals surface area contributed by atoms with Gasteiger partial charge < -0.3 is 9.32 Å². The molecular formula is C22H18N4O3. The van der Waals surface area contributed by atoms with Crippen molar-refractivity contribution in [2.75, 3.05) is 13.1 Å². The Balaban J connectivity index is 1.35. The first-order chi connectivity index (χ1) is 14.2. The zero-order chi connectivity index (χ0) is 19.8. The molecule has 0 spiro atoms. The Morgan fingerprint density at radius 1 is 1.07 bits per heavy atom. The van der Waals surface area contributed by atoms with E-state index in [-0.39, 0.29) is 23.1 Å². The zero-order valence-corrected chi connectivity index (χ0v) is 15.6. The minimum atomic E-state index is -0.279. The number of carbonyl (C=O) groups excluding carboxylic acids is 1. The van der Waals surface area contributed by atoms with Crippen molar-refractivity contribution < 1.29 is 9.21 Å². The molecule has 0 N–H and O–H groups in total. The number of carbonyl (C=O) groups is 1. The van der Waals surface area contributed by atoms with Gasteiger partial charge >= 0.3 is 0 Å². The average molecular weight is 386 g/mol. The van der Waals surface area contributed by atoms with Gasteiger partial charge in [-0.05, 0) is 18.6 Å². The lowest BCUT2D eigenvalue weighted by Crippen LogP contribution is -2.29. The fourth-order valence-electron chi connectivity index (χ4n) is 3.70. The van der Waals surface area contributed by atoms with Crippen molar-refractivity contribution in [3.63, 3.8) is 0 Å². The van der Waals surface area contributed by atoms with Crippen LogP contribution < -0.4 is 5.43 Å². The highest BCUT2D eigenvalue weighted by atomic mass is 16.3. The van der Waals surface area contributed by atoms with Crippen LogP contribution in [0.1, 0.15) is 23.0 Å². The summed E-state index contributed by atoms with van der Waals surface area (Å²) in [5, 5.41) is 8.98. The summed E-state index contributed by atoms with van der Waals surface area (Å²) in [5.74, 6) is -0.211. The van der Waals surface area contributed by atoms with Gasteiger partial charge in [0, 0.05) is 24.7 Å². The maximum absolute atomic E-state index is 12.9. The third-order valence-electron chi connectivity index (χ3n) is 5.25. The summed E-state index contributed by atoms with van der Waals surface area (Å²) in [4.78, 5) is 26.9. The summed E-state index contributed by atoms with van der Waals surface area (Å²) in [6.45, 7) is 1.06. The Labute approximate surface area is 166 Å². The van der Waals surface area contributed by atoms with Crippen LogP contribution in [0, 0.1) is 0 Å². The maximum Gasteiger partial charge on any atom is 0.289 e. The van der Waals surface area contributed by atoms with Crippen molar-refractivity contribution in [2.24, 2.45) is 0 Å². The lowest BCUT2D eigenvalue weighted by molar-refractivity contribution is 0.0756. The molecule has 1 unspecified atom stereocenters. The summed E-state index contributed by atoms with van der Waals surface area (Å²) in [6, 6.07) is 18.1. The van der Waals surface area contributed by atoms with Crippen LogP contribution in [0.3, 0.4) is 0 Å². The molecule has 7 heteroatoms. The van der Waals surface area contributed by atoms with E-state index in [2.05, 4.69) is 10.3 Å². The molecule has 0 bridgehead atoms. The topological polar surface area (TPSA) is 81.2 Å². The predicted octanol–water partition coefficient (Wildman–Crippen LogP) is 3.14. The standard InChI is InChI=1S/C22H18N4O3/c27-19-12-21(29-20-9-5-4-8-17(19)20)22(28)25-11-10-16(13-25)26-14-18(23-24-26)15-6-2-1-3-7-15/h1-9,12,14,16H,10-11,13H2. The minimum Gasteiger partial charge on any atom is -0.451 e. The second kappa shape index (κ2) is 7.01. The third kappa shape index (κ3) is 3.20. The molecule has 3 heterocycles. The highest BCUT2D eigenvalue weighted by Crippen LogP contribution is 2.25. The van der Waals surface area contributed by atoms with Gasteiger partial charge in [0.1, 0.15) is 11.3 Å². The second-order valence-electron chi connectivity index (χ2n) is 7.11. The van der Waals surface area contributed by atoms with Crippen molar-refractivity contribution in [1.29, 1.82) is 0 Å². The number of para-hydroxylation sites is 1. The quantitative estimate of drug-likeness (QED) is 0.540. The summed E-state index contributed by atoms with van der Waals surface area (Å²) in [5.41, 5.74) is 2.01. The fourth-order valence-corrected chi connectivity index (χ4v) is 3.70. The molecule has 0 saturated carbocycles. The monoisotopic (exact) mass is 386 g/mol. The summed E-state index contributed by atoms with van der Waals surface area (Å²) < 4.78 is 7.51. The Hall–Kier alpha value is -3.74. The van der Waals surface area contributed by atoms with Crippen LogP contribution in [0.5, 0.6) is 0 Å². The van der Waals surface area contributed by atoms with E-state index in [9.17, 15) is 9.59 Å². The van der Waals surface area contributed by atoms with Crippen LogP contribution in [-0.4, -0.2) is 38.9 Å². The van der Waals surface area contributed by atoms with Crippen molar-refractivity contribution in [3.05, 3.63) is 82.8 Å². The SMILES string of the molecule is O=C(c1cc(=O)c2ccccc2o1)N1CCC(n2cc(-c3ccccc3)nn2)C1. The zero-order valence-electron chi connectivity index (χ0n) is 15.6. The van der Waals surface area contributed by atoms with Gasteiger partial charge in [-0.15, -0.1) is 5.10 Å². The van der Waals surface area contributed by atoms with E-state index in [1.807, 2.05) is 41.2 Å². The number of hydrogen-bond acceptors (Lipinski definition) is 5. The summed E-state index contributed by atoms with van der Waals surface area (Å²) >= 11 is 0. The van der Waals surface area contributed by atoms with Gasteiger partial charge in [-0.3, -0.25) is 9.59 Å². The molecule has 5 rings (SSSR count). The number of amides is 1. The molecule has 2 aromatic heterocycles. The van der Waals surface area contributed by atoms with Crippen LogP contribution in [0.25, 0.3) is 22.2 Å². The fraction of sp³-hybridized carbons (Fsp3) is 0.182. The molecule has 1 fully saturated rings. The van der Waals surface area contributed by atoms with Crippen LogP contribution in [0.4, 0.5) is 0 Å². The molecule has 4 aromatic rings. The maximum atomic E-state index is 12.9. The van der Waals surface area contributed by atoms with E-state index in [4.69, 9.17) is 4.42 Å². The number of rotatable bonds is 3. The van der Waals surface area contributed by atoms with Gasteiger partial charge in [-0.2, -0.15) is 0 Å². The number of nitrogens with zero attached hydrogens (tertiary/aromatic N) is 4. The first-order valence-electron chi connectivity index (χ1n) is 9.48. The Kier molecular flexibility index (Phi) is 4.20. The van der Waals surface area contributed by atoms with Crippen LogP contribution in [0.2, 0.25) is 0 Å². The molecule has 144 valence electrons. The molecule has 7 nitrogen and oxygen atoms in total. The van der Waals surface area contributed by atoms with Crippen molar-refractivity contribution in [2.45, 2.75) is 12.5 Å². The van der Waals surface area contributed by atoms with E-state index in [1.54, 1.807) is 29.2 Å². The molecule has 1 aliphatic rings. The largest absolute Gasteiger partial charge is 0.451 e. The molecule has 0 aliphatic carbocycles. The van der Waals surface area contributed by atoms with Gasteiger partial charge in [-0.25, -0.2) is 4.68 Å². The smallest absolute Gasteiger partial charge is 0.289 e. The van der Waals surface area contributed by atoms with E-state index in [0.29, 0.717) is 24.1 Å². The van der Waals surface area contributed by atoms with Crippen molar-refractivity contribution in [3.8, 4) is 11.3 Å². The van der Waals surface area contributed by atoms with Gasteiger partial charge in [0.05, 0.1) is 17.6 Å². The summed E-state index contributed by atoms with van der Waals surface area (Å²) in [7, 11) is 0. The number of benzene rings is 2. The number of fused-ring (bicyclic) bond motifs is 1. The molecule has 1 atom stereocenters. The molecule has 1 amide bonds. The van der Waals surface area contributed by atoms with Crippen molar-refractivity contribution >= 4 is 16.9 Å². The van der Waals surface area contributed by atoms with Crippen LogP contribution >= 0.6 is 0 Å². The first-order valence-corrected chi connectivity index (χ1v) is 9.48. The second-order valence-corrected chi connectivity index (χ2v) is 7.11. The highest BCUT2D eigenvalue weighted by molar-refractivity contribution is 5.93. The van der Waals surface area contributed by atoms with Crippen LogP contribution in [0.15, 0.2) is 76.1 Å². The third-order valence-corrected chi connectivity index (χ3v) is 5.25. The van der Waals surface area contributed by atoms with Gasteiger partial charge in [0.2, 0.25) is 0 Å². The minimum absolute atomic E-state index is 0.0380. The number of hydrogen-bond donors (Lipinski definition) is 0. The lowest BCUT2D eigenvalue weighted by atomic mass is 10.2. The van der Waals surface area contributed by atoms with Crippen LogP contribution in [-0.2, 0) is 0 Å². The predicted molar refractivity (Wildman–Crippen MR) is 107 cm³/mol. The Bertz CT molecular complexity index is 1250. The molecule has 1 saturated heterocycles. The number of aromatic nitrogens is 3. The number of likely N-dealkylation sites (tertiary alicyclic amines) is 1. The van der Waals surface area contributed by atoms with E-state index >= 15 is 0 Å². The van der Waals surface area contributed by atoms with E-state index < -0.39 is 0 Å². The lowest BCUT2D eigenvalue weighted by Gasteiger charge is -2.15. The van der Waals surface area contributed by atoms with E-state index in [0.717, 1.165) is 17.7 Å². The molecular weight excluding hydrogens is 368 g/mol. The van der Waals surface area contributed by atoms with Gasteiger partial charge in [-0.1, -0.05) is 47.7 Å². The normalized spacial score (nSPS) is 16.4. The van der Waals surface area contributed by atoms with Gasteiger partial charge in [0.15, 0.2) is 11.2 Å². The van der Waals surface area contributed by atoms with Gasteiger partial charge in [0.25, 0.3) is 5.91 Å². The Morgan fingerprint density at radius 3 is 2.72 bits per heavy atom. The van der Waals surface area contributed by atoms with Crippen molar-refractivity contribution in [1.82, 2.24) is 19.9 Å². The summed E-state index contributed by atoms with van der Waals surface area (Å²) in [6.07, 6.45) is 2.67.